The summed E-state index contributed by atoms with van der Waals surface area (Å²) in [4.78, 5) is 2.60. The number of aryl methyl sites for hydroxylation is 1. The van der Waals surface area contributed by atoms with Gasteiger partial charge in [-0.2, -0.15) is 5.10 Å². The van der Waals surface area contributed by atoms with Gasteiger partial charge in [-0.05, 0) is 44.3 Å². The van der Waals surface area contributed by atoms with Gasteiger partial charge in [0.15, 0.2) is 0 Å². The van der Waals surface area contributed by atoms with E-state index in [4.69, 9.17) is 0 Å². The molecule has 0 radical (unpaired) electrons. The van der Waals surface area contributed by atoms with Gasteiger partial charge in [0.05, 0.1) is 6.20 Å². The summed E-state index contributed by atoms with van der Waals surface area (Å²) in [6.45, 7) is 6.03. The third kappa shape index (κ3) is 2.87. The highest BCUT2D eigenvalue weighted by Gasteiger charge is 2.38. The second-order valence-corrected chi connectivity index (χ2v) is 5.73. The molecule has 3 heterocycles. The Bertz CT molecular complexity index is 384. The van der Waals surface area contributed by atoms with E-state index in [-0.39, 0.29) is 12.4 Å². The molecule has 3 rings (SSSR count). The molecule has 0 atom stereocenters. The fraction of sp³-hybridized carbons (Fsp3) is 0.769. The first kappa shape index (κ1) is 13.8. The minimum atomic E-state index is 0. The van der Waals surface area contributed by atoms with Crippen LogP contribution in [0, 0.1) is 5.41 Å². The maximum absolute atomic E-state index is 4.24. The van der Waals surface area contributed by atoms with Crippen molar-refractivity contribution in [1.82, 2.24) is 20.0 Å². The molecule has 1 spiro atoms. The van der Waals surface area contributed by atoms with Crippen molar-refractivity contribution in [2.75, 3.05) is 26.2 Å². The van der Waals surface area contributed by atoms with Gasteiger partial charge in [0, 0.05) is 31.9 Å². The molecule has 2 aliphatic heterocycles. The Hall–Kier alpha value is -0.580. The zero-order valence-electron chi connectivity index (χ0n) is 11.1. The molecule has 0 amide bonds. The second kappa shape index (κ2) is 5.59. The van der Waals surface area contributed by atoms with Crippen LogP contribution in [0.4, 0.5) is 0 Å². The molecule has 0 bridgehead atoms. The fourth-order valence-electron chi connectivity index (χ4n) is 3.34. The summed E-state index contributed by atoms with van der Waals surface area (Å²) in [5, 5.41) is 7.71. The molecule has 0 aliphatic carbocycles. The van der Waals surface area contributed by atoms with Crippen molar-refractivity contribution >= 4 is 12.4 Å². The number of piperidine rings is 1. The molecular weight excluding hydrogens is 248 g/mol. The van der Waals surface area contributed by atoms with Crippen molar-refractivity contribution < 1.29 is 0 Å². The first-order chi connectivity index (χ1) is 8.26. The molecule has 0 saturated carbocycles. The summed E-state index contributed by atoms with van der Waals surface area (Å²) in [5.74, 6) is 0. The second-order valence-electron chi connectivity index (χ2n) is 5.73. The van der Waals surface area contributed by atoms with E-state index in [0.29, 0.717) is 5.41 Å². The Kier molecular flexibility index (Phi) is 4.30. The highest BCUT2D eigenvalue weighted by molar-refractivity contribution is 5.85. The van der Waals surface area contributed by atoms with E-state index >= 15 is 0 Å². The average molecular weight is 271 g/mol. The van der Waals surface area contributed by atoms with Gasteiger partial charge in [-0.15, -0.1) is 12.4 Å². The summed E-state index contributed by atoms with van der Waals surface area (Å²) in [6.07, 6.45) is 8.23. The van der Waals surface area contributed by atoms with Crippen LogP contribution in [-0.4, -0.2) is 40.9 Å². The van der Waals surface area contributed by atoms with Gasteiger partial charge in [-0.1, -0.05) is 0 Å². The lowest BCUT2D eigenvalue weighted by Gasteiger charge is -2.33. The molecule has 0 aromatic carbocycles. The van der Waals surface area contributed by atoms with Crippen LogP contribution in [0.5, 0.6) is 0 Å². The van der Waals surface area contributed by atoms with E-state index in [1.165, 1.54) is 51.0 Å². The molecule has 2 aliphatic rings. The van der Waals surface area contributed by atoms with E-state index in [1.54, 1.807) is 0 Å². The molecule has 5 heteroatoms. The zero-order valence-corrected chi connectivity index (χ0v) is 11.9. The largest absolute Gasteiger partial charge is 0.317 e. The first-order valence-corrected chi connectivity index (χ1v) is 6.66. The van der Waals surface area contributed by atoms with Crippen LogP contribution in [0.25, 0.3) is 0 Å². The van der Waals surface area contributed by atoms with Crippen LogP contribution in [-0.2, 0) is 13.6 Å². The maximum Gasteiger partial charge on any atom is 0.0534 e. The molecule has 1 N–H and O–H groups in total. The predicted octanol–water partition coefficient (Wildman–Crippen LogP) is 1.42. The minimum absolute atomic E-state index is 0. The van der Waals surface area contributed by atoms with Crippen molar-refractivity contribution in [2.24, 2.45) is 12.5 Å². The van der Waals surface area contributed by atoms with E-state index < -0.39 is 0 Å². The Labute approximate surface area is 115 Å². The normalized spacial score (nSPS) is 23.2. The van der Waals surface area contributed by atoms with Gasteiger partial charge >= 0.3 is 0 Å². The molecule has 0 unspecified atom stereocenters. The van der Waals surface area contributed by atoms with Crippen LogP contribution < -0.4 is 5.32 Å². The number of nitrogens with one attached hydrogen (secondary N) is 1. The standard InChI is InChI=1S/C13H22N4.ClH/c1-16-9-12(8-15-16)10-17-7-4-13(11-17)2-5-14-6-3-13;/h8-9,14H,2-7,10-11H2,1H3;1H. The number of hydrogen-bond donors (Lipinski definition) is 1. The molecule has 2 fully saturated rings. The summed E-state index contributed by atoms with van der Waals surface area (Å²) in [5.41, 5.74) is 1.96. The van der Waals surface area contributed by atoms with Crippen LogP contribution in [0.3, 0.4) is 0 Å². The molecule has 18 heavy (non-hydrogen) atoms. The van der Waals surface area contributed by atoms with Gasteiger partial charge in [0.1, 0.15) is 0 Å². The first-order valence-electron chi connectivity index (χ1n) is 6.66. The van der Waals surface area contributed by atoms with Crippen molar-refractivity contribution in [3.8, 4) is 0 Å². The Balaban J connectivity index is 0.00000120. The third-order valence-electron chi connectivity index (χ3n) is 4.35. The number of aromatic nitrogens is 2. The molecule has 102 valence electrons. The number of likely N-dealkylation sites (tertiary alicyclic amines) is 1. The monoisotopic (exact) mass is 270 g/mol. The van der Waals surface area contributed by atoms with E-state index in [1.807, 2.05) is 17.9 Å². The third-order valence-corrected chi connectivity index (χ3v) is 4.35. The highest BCUT2D eigenvalue weighted by Crippen LogP contribution is 2.38. The molecule has 4 nitrogen and oxygen atoms in total. The predicted molar refractivity (Wildman–Crippen MR) is 74.9 cm³/mol. The Morgan fingerprint density at radius 3 is 2.78 bits per heavy atom. The highest BCUT2D eigenvalue weighted by atomic mass is 35.5. The SMILES string of the molecule is Cl.Cn1cc(CN2CCC3(CCNCC3)C2)cn1. The molecule has 1 aromatic rings. The summed E-state index contributed by atoms with van der Waals surface area (Å²) < 4.78 is 1.89. The summed E-state index contributed by atoms with van der Waals surface area (Å²) >= 11 is 0. The van der Waals surface area contributed by atoms with Crippen LogP contribution in [0.2, 0.25) is 0 Å². The number of nitrogens with zero attached hydrogens (tertiary/aromatic N) is 3. The van der Waals surface area contributed by atoms with Crippen molar-refractivity contribution in [2.45, 2.75) is 25.8 Å². The Morgan fingerprint density at radius 2 is 2.11 bits per heavy atom. The fourth-order valence-corrected chi connectivity index (χ4v) is 3.34. The summed E-state index contributed by atoms with van der Waals surface area (Å²) in [6, 6.07) is 0. The van der Waals surface area contributed by atoms with Gasteiger partial charge in [-0.25, -0.2) is 0 Å². The van der Waals surface area contributed by atoms with E-state index in [0.717, 1.165) is 6.54 Å². The number of rotatable bonds is 2. The van der Waals surface area contributed by atoms with Crippen LogP contribution in [0.1, 0.15) is 24.8 Å². The van der Waals surface area contributed by atoms with Crippen molar-refractivity contribution in [3.05, 3.63) is 18.0 Å². The van der Waals surface area contributed by atoms with Gasteiger partial charge in [0.2, 0.25) is 0 Å². The zero-order chi connectivity index (χ0) is 11.7. The van der Waals surface area contributed by atoms with Gasteiger partial charge in [0.25, 0.3) is 0 Å². The molecule has 1 aromatic heterocycles. The summed E-state index contributed by atoms with van der Waals surface area (Å²) in [7, 11) is 1.99. The van der Waals surface area contributed by atoms with Crippen molar-refractivity contribution in [1.29, 1.82) is 0 Å². The van der Waals surface area contributed by atoms with Gasteiger partial charge in [-0.3, -0.25) is 9.58 Å². The lowest BCUT2D eigenvalue weighted by molar-refractivity contribution is 0.194. The lowest BCUT2D eigenvalue weighted by Crippen LogP contribution is -2.38. The van der Waals surface area contributed by atoms with Crippen LogP contribution >= 0.6 is 12.4 Å². The Morgan fingerprint density at radius 1 is 1.33 bits per heavy atom. The maximum atomic E-state index is 4.24. The number of hydrogen-bond acceptors (Lipinski definition) is 3. The molecular formula is C13H23ClN4. The quantitative estimate of drug-likeness (QED) is 0.882. The topological polar surface area (TPSA) is 33.1 Å². The number of halogens is 1. The van der Waals surface area contributed by atoms with E-state index in [2.05, 4.69) is 21.5 Å². The minimum Gasteiger partial charge on any atom is -0.317 e. The van der Waals surface area contributed by atoms with E-state index in [9.17, 15) is 0 Å². The lowest BCUT2D eigenvalue weighted by atomic mass is 9.78. The average Bonchev–Trinajstić information content (AvgIpc) is 2.89. The molecule has 2 saturated heterocycles. The van der Waals surface area contributed by atoms with Crippen molar-refractivity contribution in [3.63, 3.8) is 0 Å². The van der Waals surface area contributed by atoms with Crippen LogP contribution in [0.15, 0.2) is 12.4 Å². The smallest absolute Gasteiger partial charge is 0.0534 e. The van der Waals surface area contributed by atoms with Gasteiger partial charge < -0.3 is 5.32 Å².